The van der Waals surface area contributed by atoms with Crippen molar-refractivity contribution < 1.29 is 0 Å². The number of aromatic nitrogens is 2. The van der Waals surface area contributed by atoms with Crippen molar-refractivity contribution in [2.45, 2.75) is 60.4 Å². The van der Waals surface area contributed by atoms with Crippen LogP contribution < -0.4 is 10.6 Å². The third-order valence-electron chi connectivity index (χ3n) is 5.05. The molecule has 0 aliphatic heterocycles. The zero-order valence-electron chi connectivity index (χ0n) is 18.0. The third kappa shape index (κ3) is 5.84. The Morgan fingerprint density at radius 1 is 1.22 bits per heavy atom. The molecule has 1 aromatic heterocycles. The average Bonchev–Trinajstić information content (AvgIpc) is 2.83. The van der Waals surface area contributed by atoms with Gasteiger partial charge in [0.2, 0.25) is 0 Å². The van der Waals surface area contributed by atoms with Gasteiger partial charge in [0.15, 0.2) is 5.96 Å². The molecule has 0 amide bonds. The summed E-state index contributed by atoms with van der Waals surface area (Å²) in [6.07, 6.45) is 1.89. The first-order chi connectivity index (χ1) is 12.8. The van der Waals surface area contributed by atoms with E-state index >= 15 is 0 Å². The normalized spacial score (nSPS) is 12.9. The van der Waals surface area contributed by atoms with Gasteiger partial charge in [-0.15, -0.1) is 0 Å². The van der Waals surface area contributed by atoms with Gasteiger partial charge in [0.1, 0.15) is 0 Å². The van der Waals surface area contributed by atoms with Crippen LogP contribution in [-0.2, 0) is 19.9 Å². The molecule has 1 aromatic carbocycles. The molecule has 5 heteroatoms. The van der Waals surface area contributed by atoms with Crippen molar-refractivity contribution in [3.05, 3.63) is 51.8 Å². The first-order valence-corrected chi connectivity index (χ1v) is 9.91. The van der Waals surface area contributed by atoms with Gasteiger partial charge in [0, 0.05) is 31.9 Å². The van der Waals surface area contributed by atoms with Crippen molar-refractivity contribution in [2.75, 3.05) is 13.1 Å². The summed E-state index contributed by atoms with van der Waals surface area (Å²) in [5, 5.41) is 11.4. The van der Waals surface area contributed by atoms with Crippen LogP contribution in [0.15, 0.2) is 23.2 Å². The summed E-state index contributed by atoms with van der Waals surface area (Å²) in [7, 11) is 2.00. The maximum absolute atomic E-state index is 4.78. The molecule has 2 rings (SSSR count). The second-order valence-corrected chi connectivity index (χ2v) is 7.46. The van der Waals surface area contributed by atoms with Gasteiger partial charge in [0.05, 0.1) is 5.69 Å². The van der Waals surface area contributed by atoms with Crippen LogP contribution in [0.4, 0.5) is 0 Å². The average molecular weight is 370 g/mol. The summed E-state index contributed by atoms with van der Waals surface area (Å²) in [5.41, 5.74) is 7.69. The van der Waals surface area contributed by atoms with E-state index in [9.17, 15) is 0 Å². The van der Waals surface area contributed by atoms with Gasteiger partial charge >= 0.3 is 0 Å². The van der Waals surface area contributed by atoms with E-state index < -0.39 is 0 Å². The SMILES string of the molecule is CCNC(=NCCc1ccc(C)cc1C)NC(C)Cc1c(C)nn(C)c1C. The zero-order chi connectivity index (χ0) is 20.0. The van der Waals surface area contributed by atoms with Crippen molar-refractivity contribution in [1.29, 1.82) is 0 Å². The standard InChI is InChI=1S/C22H35N5/c1-8-23-22(24-12-11-20-10-9-15(2)13-16(20)3)25-17(4)14-21-18(5)26-27(7)19(21)6/h9-10,13,17H,8,11-12,14H2,1-7H3,(H2,23,24,25). The fourth-order valence-corrected chi connectivity index (χ4v) is 3.44. The molecule has 1 unspecified atom stereocenters. The molecule has 0 saturated heterocycles. The minimum Gasteiger partial charge on any atom is -0.357 e. The molecule has 148 valence electrons. The number of hydrogen-bond acceptors (Lipinski definition) is 2. The number of aryl methyl sites for hydroxylation is 4. The summed E-state index contributed by atoms with van der Waals surface area (Å²) in [4.78, 5) is 4.78. The Kier molecular flexibility index (Phi) is 7.45. The van der Waals surface area contributed by atoms with Crippen LogP contribution in [0.1, 0.15) is 47.5 Å². The maximum Gasteiger partial charge on any atom is 0.191 e. The van der Waals surface area contributed by atoms with E-state index in [0.717, 1.165) is 37.6 Å². The van der Waals surface area contributed by atoms with E-state index in [1.807, 2.05) is 11.7 Å². The summed E-state index contributed by atoms with van der Waals surface area (Å²) >= 11 is 0. The number of hydrogen-bond donors (Lipinski definition) is 2. The Balaban J connectivity index is 1.97. The van der Waals surface area contributed by atoms with Crippen LogP contribution in [0.3, 0.4) is 0 Å². The second-order valence-electron chi connectivity index (χ2n) is 7.46. The lowest BCUT2D eigenvalue weighted by Gasteiger charge is -2.18. The van der Waals surface area contributed by atoms with E-state index in [1.165, 1.54) is 27.9 Å². The summed E-state index contributed by atoms with van der Waals surface area (Å²) in [6.45, 7) is 14.4. The van der Waals surface area contributed by atoms with Crippen LogP contribution in [0.5, 0.6) is 0 Å². The monoisotopic (exact) mass is 369 g/mol. The lowest BCUT2D eigenvalue weighted by molar-refractivity contribution is 0.635. The fraction of sp³-hybridized carbons (Fsp3) is 0.545. The van der Waals surface area contributed by atoms with Gasteiger partial charge in [-0.3, -0.25) is 9.67 Å². The van der Waals surface area contributed by atoms with Crippen LogP contribution in [-0.4, -0.2) is 34.9 Å². The largest absolute Gasteiger partial charge is 0.357 e. The van der Waals surface area contributed by atoms with Gasteiger partial charge in [-0.25, -0.2) is 0 Å². The van der Waals surface area contributed by atoms with Gasteiger partial charge < -0.3 is 10.6 Å². The highest BCUT2D eigenvalue weighted by atomic mass is 15.3. The minimum absolute atomic E-state index is 0.283. The highest BCUT2D eigenvalue weighted by Crippen LogP contribution is 2.14. The molecule has 1 heterocycles. The first kappa shape index (κ1) is 21.0. The molecule has 1 atom stereocenters. The lowest BCUT2D eigenvalue weighted by Crippen LogP contribution is -2.43. The van der Waals surface area contributed by atoms with E-state index in [0.29, 0.717) is 0 Å². The van der Waals surface area contributed by atoms with Crippen molar-refractivity contribution in [3.63, 3.8) is 0 Å². The van der Waals surface area contributed by atoms with Crippen molar-refractivity contribution in [3.8, 4) is 0 Å². The summed E-state index contributed by atoms with van der Waals surface area (Å²) in [6, 6.07) is 6.92. The van der Waals surface area contributed by atoms with E-state index in [2.05, 4.69) is 75.5 Å². The van der Waals surface area contributed by atoms with Gasteiger partial charge in [-0.05, 0) is 71.1 Å². The second kappa shape index (κ2) is 9.58. The number of nitrogens with one attached hydrogen (secondary N) is 2. The fourth-order valence-electron chi connectivity index (χ4n) is 3.44. The minimum atomic E-state index is 0.283. The van der Waals surface area contributed by atoms with E-state index in [4.69, 9.17) is 4.99 Å². The van der Waals surface area contributed by atoms with Gasteiger partial charge in [-0.2, -0.15) is 5.10 Å². The molecule has 2 aromatic rings. The number of aliphatic imine (C=N–C) groups is 1. The summed E-state index contributed by atoms with van der Waals surface area (Å²) < 4.78 is 1.96. The summed E-state index contributed by atoms with van der Waals surface area (Å²) in [5.74, 6) is 0.883. The molecule has 0 aliphatic rings. The third-order valence-corrected chi connectivity index (χ3v) is 5.05. The molecule has 0 saturated carbocycles. The predicted molar refractivity (Wildman–Crippen MR) is 115 cm³/mol. The smallest absolute Gasteiger partial charge is 0.191 e. The van der Waals surface area contributed by atoms with Crippen LogP contribution in [0, 0.1) is 27.7 Å². The van der Waals surface area contributed by atoms with Crippen molar-refractivity contribution in [2.24, 2.45) is 12.0 Å². The molecule has 5 nitrogen and oxygen atoms in total. The Morgan fingerprint density at radius 3 is 2.56 bits per heavy atom. The van der Waals surface area contributed by atoms with Crippen molar-refractivity contribution >= 4 is 5.96 Å². The highest BCUT2D eigenvalue weighted by Gasteiger charge is 2.14. The van der Waals surface area contributed by atoms with Crippen LogP contribution >= 0.6 is 0 Å². The molecular formula is C22H35N5. The quantitative estimate of drug-likeness (QED) is 0.581. The molecule has 0 radical (unpaired) electrons. The van der Waals surface area contributed by atoms with Gasteiger partial charge in [0.25, 0.3) is 0 Å². The molecule has 27 heavy (non-hydrogen) atoms. The first-order valence-electron chi connectivity index (χ1n) is 9.91. The predicted octanol–water partition coefficient (Wildman–Crippen LogP) is 3.38. The van der Waals surface area contributed by atoms with Gasteiger partial charge in [-0.1, -0.05) is 23.8 Å². The molecule has 0 aliphatic carbocycles. The van der Waals surface area contributed by atoms with Crippen LogP contribution in [0.2, 0.25) is 0 Å². The lowest BCUT2D eigenvalue weighted by atomic mass is 10.0. The van der Waals surface area contributed by atoms with Crippen molar-refractivity contribution in [1.82, 2.24) is 20.4 Å². The highest BCUT2D eigenvalue weighted by molar-refractivity contribution is 5.80. The number of rotatable bonds is 7. The molecule has 2 N–H and O–H groups in total. The maximum atomic E-state index is 4.78. The topological polar surface area (TPSA) is 54.2 Å². The number of guanidine groups is 1. The Hall–Kier alpha value is -2.30. The Morgan fingerprint density at radius 2 is 1.96 bits per heavy atom. The molecular weight excluding hydrogens is 334 g/mol. The molecule has 0 bridgehead atoms. The van der Waals surface area contributed by atoms with E-state index in [1.54, 1.807) is 0 Å². The number of benzene rings is 1. The zero-order valence-corrected chi connectivity index (χ0v) is 18.0. The van der Waals surface area contributed by atoms with E-state index in [-0.39, 0.29) is 6.04 Å². The Labute approximate surface area is 164 Å². The van der Waals surface area contributed by atoms with Crippen LogP contribution in [0.25, 0.3) is 0 Å². The molecule has 0 spiro atoms. The number of nitrogens with zero attached hydrogens (tertiary/aromatic N) is 3. The molecule has 0 fully saturated rings. The Bertz CT molecular complexity index is 788.